The molecule has 0 aliphatic carbocycles. The van der Waals surface area contributed by atoms with Gasteiger partial charge in [0.1, 0.15) is 0 Å². The predicted molar refractivity (Wildman–Crippen MR) is 53.8 cm³/mol. The van der Waals surface area contributed by atoms with Gasteiger partial charge in [0.2, 0.25) is 11.6 Å². The Kier molecular flexibility index (Phi) is 1.70. The molecule has 2 aromatic rings. The average molecular weight is 206 g/mol. The number of hydrogen-bond acceptors (Lipinski definition) is 5. The van der Waals surface area contributed by atoms with Crippen molar-refractivity contribution in [1.82, 2.24) is 25.4 Å². The quantitative estimate of drug-likeness (QED) is 0.665. The summed E-state index contributed by atoms with van der Waals surface area (Å²) in [5, 5.41) is 9.94. The minimum Gasteiger partial charge on any atom is -0.342 e. The molecule has 78 valence electrons. The van der Waals surface area contributed by atoms with E-state index in [9.17, 15) is 4.79 Å². The van der Waals surface area contributed by atoms with Crippen LogP contribution in [0, 0.1) is 0 Å². The molecule has 7 nitrogen and oxygen atoms in total. The summed E-state index contributed by atoms with van der Waals surface area (Å²) >= 11 is 0. The van der Waals surface area contributed by atoms with Gasteiger partial charge in [-0.3, -0.25) is 9.78 Å². The Labute approximate surface area is 84.5 Å². The van der Waals surface area contributed by atoms with E-state index in [4.69, 9.17) is 0 Å². The van der Waals surface area contributed by atoms with E-state index in [1.807, 2.05) is 0 Å². The molecule has 1 fully saturated rings. The zero-order chi connectivity index (χ0) is 10.3. The topological polar surface area (TPSA) is 90.6 Å². The first-order valence-electron chi connectivity index (χ1n) is 4.90. The third-order valence-electron chi connectivity index (χ3n) is 2.59. The van der Waals surface area contributed by atoms with E-state index in [1.54, 1.807) is 0 Å². The van der Waals surface area contributed by atoms with E-state index in [-0.39, 0.29) is 11.1 Å². The molecule has 0 amide bonds. The minimum atomic E-state index is -0.240. The molecule has 0 unspecified atom stereocenters. The molecule has 1 aliphatic heterocycles. The second kappa shape index (κ2) is 3.04. The highest BCUT2D eigenvalue weighted by atomic mass is 16.1. The van der Waals surface area contributed by atoms with Gasteiger partial charge in [-0.1, -0.05) is 0 Å². The highest BCUT2D eigenvalue weighted by Gasteiger charge is 2.16. The van der Waals surface area contributed by atoms with Crippen LogP contribution in [0.2, 0.25) is 0 Å². The number of rotatable bonds is 1. The van der Waals surface area contributed by atoms with Crippen LogP contribution in [0.4, 0.5) is 5.95 Å². The van der Waals surface area contributed by atoms with Crippen molar-refractivity contribution in [2.45, 2.75) is 12.8 Å². The van der Waals surface area contributed by atoms with E-state index in [0.717, 1.165) is 25.9 Å². The lowest BCUT2D eigenvalue weighted by Crippen LogP contribution is -2.23. The fourth-order valence-electron chi connectivity index (χ4n) is 1.82. The maximum Gasteiger partial charge on any atom is 0.282 e. The Balaban J connectivity index is 2.15. The van der Waals surface area contributed by atoms with Gasteiger partial charge in [0, 0.05) is 13.1 Å². The van der Waals surface area contributed by atoms with Gasteiger partial charge < -0.3 is 4.90 Å². The monoisotopic (exact) mass is 206 g/mol. The Morgan fingerprint density at radius 3 is 2.80 bits per heavy atom. The largest absolute Gasteiger partial charge is 0.342 e. The van der Waals surface area contributed by atoms with Gasteiger partial charge >= 0.3 is 0 Å². The first-order valence-corrected chi connectivity index (χ1v) is 4.90. The average Bonchev–Trinajstić information content (AvgIpc) is 2.88. The SMILES string of the molecule is O=c1[nH]c(N2CCCC2)nc2n[nH]nc12. The maximum atomic E-state index is 11.6. The second-order valence-electron chi connectivity index (χ2n) is 3.58. The first-order chi connectivity index (χ1) is 7.34. The molecule has 1 aliphatic rings. The van der Waals surface area contributed by atoms with Crippen LogP contribution >= 0.6 is 0 Å². The molecule has 0 bridgehead atoms. The van der Waals surface area contributed by atoms with Gasteiger partial charge in [-0.15, -0.1) is 10.2 Å². The second-order valence-corrected chi connectivity index (χ2v) is 3.58. The lowest BCUT2D eigenvalue weighted by atomic mass is 10.4. The highest BCUT2D eigenvalue weighted by Crippen LogP contribution is 2.14. The van der Waals surface area contributed by atoms with Crippen LogP contribution in [-0.4, -0.2) is 38.5 Å². The number of fused-ring (bicyclic) bond motifs is 1. The molecule has 0 atom stereocenters. The van der Waals surface area contributed by atoms with Gasteiger partial charge in [0.05, 0.1) is 0 Å². The number of aromatic nitrogens is 5. The number of anilines is 1. The zero-order valence-corrected chi connectivity index (χ0v) is 8.03. The fraction of sp³-hybridized carbons (Fsp3) is 0.500. The van der Waals surface area contributed by atoms with E-state index < -0.39 is 0 Å². The Hall–Kier alpha value is -1.92. The third kappa shape index (κ3) is 1.27. The fourth-order valence-corrected chi connectivity index (χ4v) is 1.82. The summed E-state index contributed by atoms with van der Waals surface area (Å²) in [4.78, 5) is 20.6. The number of nitrogens with one attached hydrogen (secondary N) is 2. The van der Waals surface area contributed by atoms with Crippen molar-refractivity contribution in [2.75, 3.05) is 18.0 Å². The molecule has 7 heteroatoms. The van der Waals surface area contributed by atoms with Crippen molar-refractivity contribution >= 4 is 17.1 Å². The molecule has 3 rings (SSSR count). The van der Waals surface area contributed by atoms with Gasteiger partial charge in [-0.2, -0.15) is 10.2 Å². The normalized spacial score (nSPS) is 16.4. The van der Waals surface area contributed by atoms with Crippen molar-refractivity contribution in [1.29, 1.82) is 0 Å². The van der Waals surface area contributed by atoms with Gasteiger partial charge in [-0.05, 0) is 12.8 Å². The predicted octanol–water partition coefficient (Wildman–Crippen LogP) is -0.359. The van der Waals surface area contributed by atoms with Crippen LogP contribution in [-0.2, 0) is 0 Å². The van der Waals surface area contributed by atoms with Crippen LogP contribution in [0.3, 0.4) is 0 Å². The van der Waals surface area contributed by atoms with E-state index >= 15 is 0 Å². The number of nitrogens with zero attached hydrogens (tertiary/aromatic N) is 4. The number of H-pyrrole nitrogens is 2. The highest BCUT2D eigenvalue weighted by molar-refractivity contribution is 5.68. The molecular weight excluding hydrogens is 196 g/mol. The summed E-state index contributed by atoms with van der Waals surface area (Å²) in [7, 11) is 0. The summed E-state index contributed by atoms with van der Waals surface area (Å²) in [6, 6.07) is 0. The van der Waals surface area contributed by atoms with Crippen molar-refractivity contribution in [3.8, 4) is 0 Å². The van der Waals surface area contributed by atoms with E-state index in [2.05, 4.69) is 30.3 Å². The standard InChI is InChI=1S/C8H10N6O/c15-7-5-6(12-13-11-5)9-8(10-7)14-3-1-2-4-14/h1-4H2,(H2,9,10,11,12,13,15). The third-order valence-corrected chi connectivity index (χ3v) is 2.59. The molecule has 0 aromatic carbocycles. The summed E-state index contributed by atoms with van der Waals surface area (Å²) in [5.74, 6) is 0.596. The molecule has 15 heavy (non-hydrogen) atoms. The van der Waals surface area contributed by atoms with Crippen molar-refractivity contribution in [3.05, 3.63) is 10.4 Å². The molecule has 0 saturated carbocycles. The lowest BCUT2D eigenvalue weighted by Gasteiger charge is -2.14. The number of hydrogen-bond donors (Lipinski definition) is 2. The summed E-state index contributed by atoms with van der Waals surface area (Å²) in [6.45, 7) is 1.87. The van der Waals surface area contributed by atoms with Gasteiger partial charge in [-0.25, -0.2) is 0 Å². The summed E-state index contributed by atoms with van der Waals surface area (Å²) < 4.78 is 0. The molecule has 0 radical (unpaired) electrons. The first kappa shape index (κ1) is 8.39. The maximum absolute atomic E-state index is 11.6. The molecule has 3 heterocycles. The molecule has 1 saturated heterocycles. The minimum absolute atomic E-state index is 0.240. The zero-order valence-electron chi connectivity index (χ0n) is 8.03. The lowest BCUT2D eigenvalue weighted by molar-refractivity contribution is 0.897. The Bertz CT molecular complexity index is 537. The molecule has 2 N–H and O–H groups in total. The van der Waals surface area contributed by atoms with E-state index in [0.29, 0.717) is 11.6 Å². The van der Waals surface area contributed by atoms with Crippen molar-refractivity contribution in [3.63, 3.8) is 0 Å². The smallest absolute Gasteiger partial charge is 0.282 e. The molecule has 2 aromatic heterocycles. The van der Waals surface area contributed by atoms with Crippen molar-refractivity contribution < 1.29 is 0 Å². The van der Waals surface area contributed by atoms with Crippen LogP contribution in [0.1, 0.15) is 12.8 Å². The summed E-state index contributed by atoms with van der Waals surface area (Å²) in [6.07, 6.45) is 2.28. The van der Waals surface area contributed by atoms with Gasteiger partial charge in [0.15, 0.2) is 5.52 Å². The van der Waals surface area contributed by atoms with Gasteiger partial charge in [0.25, 0.3) is 5.56 Å². The molecular formula is C8H10N6O. The van der Waals surface area contributed by atoms with Crippen molar-refractivity contribution in [2.24, 2.45) is 0 Å². The van der Waals surface area contributed by atoms with Crippen LogP contribution in [0.15, 0.2) is 4.79 Å². The molecule has 0 spiro atoms. The Morgan fingerprint density at radius 2 is 2.00 bits per heavy atom. The Morgan fingerprint density at radius 1 is 1.20 bits per heavy atom. The van der Waals surface area contributed by atoms with Crippen LogP contribution in [0.5, 0.6) is 0 Å². The number of aromatic amines is 2. The summed E-state index contributed by atoms with van der Waals surface area (Å²) in [5.41, 5.74) is 0.397. The van der Waals surface area contributed by atoms with Crippen LogP contribution in [0.25, 0.3) is 11.2 Å². The van der Waals surface area contributed by atoms with Crippen LogP contribution < -0.4 is 10.5 Å². The van der Waals surface area contributed by atoms with E-state index in [1.165, 1.54) is 0 Å².